The second-order valence-electron chi connectivity index (χ2n) is 6.65. The average Bonchev–Trinajstić information content (AvgIpc) is 3.31. The molecule has 1 fully saturated rings. The Hall–Kier alpha value is -1.82. The van der Waals surface area contributed by atoms with Crippen LogP contribution in [0.1, 0.15) is 31.2 Å². The molecule has 1 aliphatic carbocycles. The van der Waals surface area contributed by atoms with Crippen LogP contribution in [-0.2, 0) is 12.0 Å². The number of rotatable bonds is 6. The van der Waals surface area contributed by atoms with Gasteiger partial charge in [-0.25, -0.2) is 4.98 Å². The summed E-state index contributed by atoms with van der Waals surface area (Å²) in [7, 11) is 1.83. The van der Waals surface area contributed by atoms with Crippen molar-refractivity contribution in [2.24, 2.45) is 4.99 Å². The first kappa shape index (κ1) is 18.0. The fourth-order valence-electron chi connectivity index (χ4n) is 3.62. The van der Waals surface area contributed by atoms with E-state index in [4.69, 9.17) is 0 Å². The standard InChI is InChI=1S/C19H26BrN5/c1-21-18(23-11-13-25-12-10-22-15-25)24-14-19(8-2-3-9-19)16-4-6-17(20)7-5-16/h4-7,10,12,15H,2-3,8-9,11,13-14H2,1H3,(H2,21,23,24). The molecule has 0 spiro atoms. The minimum Gasteiger partial charge on any atom is -0.356 e. The summed E-state index contributed by atoms with van der Waals surface area (Å²) in [5, 5.41) is 6.94. The van der Waals surface area contributed by atoms with E-state index < -0.39 is 0 Å². The molecule has 0 amide bonds. The van der Waals surface area contributed by atoms with E-state index in [-0.39, 0.29) is 5.41 Å². The third-order valence-corrected chi connectivity index (χ3v) is 5.59. The second kappa shape index (κ2) is 8.52. The molecule has 2 N–H and O–H groups in total. The summed E-state index contributed by atoms with van der Waals surface area (Å²) in [4.78, 5) is 8.43. The van der Waals surface area contributed by atoms with Gasteiger partial charge in [0.05, 0.1) is 6.33 Å². The number of aromatic nitrogens is 2. The van der Waals surface area contributed by atoms with E-state index in [1.807, 2.05) is 19.6 Å². The van der Waals surface area contributed by atoms with Gasteiger partial charge < -0.3 is 15.2 Å². The van der Waals surface area contributed by atoms with E-state index in [0.29, 0.717) is 0 Å². The van der Waals surface area contributed by atoms with Gasteiger partial charge in [0.15, 0.2) is 5.96 Å². The molecule has 134 valence electrons. The molecule has 1 saturated carbocycles. The van der Waals surface area contributed by atoms with Crippen molar-refractivity contribution in [1.82, 2.24) is 20.2 Å². The zero-order chi connectivity index (χ0) is 17.5. The quantitative estimate of drug-likeness (QED) is 0.574. The third-order valence-electron chi connectivity index (χ3n) is 5.06. The Kier molecular flexibility index (Phi) is 6.13. The zero-order valence-corrected chi connectivity index (χ0v) is 16.3. The van der Waals surface area contributed by atoms with Crippen molar-refractivity contribution in [2.45, 2.75) is 37.6 Å². The summed E-state index contributed by atoms with van der Waals surface area (Å²) in [5.41, 5.74) is 1.64. The highest BCUT2D eigenvalue weighted by Crippen LogP contribution is 2.40. The van der Waals surface area contributed by atoms with Crippen LogP contribution in [0.2, 0.25) is 0 Å². The van der Waals surface area contributed by atoms with Crippen LogP contribution in [0.3, 0.4) is 0 Å². The number of imidazole rings is 1. The number of guanidine groups is 1. The third kappa shape index (κ3) is 4.63. The van der Waals surface area contributed by atoms with E-state index in [2.05, 4.69) is 65.4 Å². The van der Waals surface area contributed by atoms with Crippen LogP contribution in [0.5, 0.6) is 0 Å². The number of aliphatic imine (C=N–C) groups is 1. The summed E-state index contributed by atoms with van der Waals surface area (Å²) in [6.45, 7) is 2.61. The van der Waals surface area contributed by atoms with Crippen LogP contribution in [0.15, 0.2) is 52.5 Å². The number of nitrogens with one attached hydrogen (secondary N) is 2. The number of benzene rings is 1. The maximum absolute atomic E-state index is 4.37. The van der Waals surface area contributed by atoms with Crippen LogP contribution in [0, 0.1) is 0 Å². The maximum atomic E-state index is 4.37. The van der Waals surface area contributed by atoms with Gasteiger partial charge in [-0.05, 0) is 30.5 Å². The van der Waals surface area contributed by atoms with Gasteiger partial charge in [0.1, 0.15) is 0 Å². The summed E-state index contributed by atoms with van der Waals surface area (Å²) >= 11 is 3.54. The Morgan fingerprint density at radius 3 is 2.64 bits per heavy atom. The molecule has 1 aliphatic rings. The molecule has 5 nitrogen and oxygen atoms in total. The molecule has 0 aliphatic heterocycles. The number of nitrogens with zero attached hydrogens (tertiary/aromatic N) is 3. The minimum absolute atomic E-state index is 0.211. The molecule has 6 heteroatoms. The predicted octanol–water partition coefficient (Wildman–Crippen LogP) is 3.32. The Morgan fingerprint density at radius 1 is 1.24 bits per heavy atom. The van der Waals surface area contributed by atoms with E-state index in [1.54, 1.807) is 6.20 Å². The van der Waals surface area contributed by atoms with Gasteiger partial charge in [0.2, 0.25) is 0 Å². The Labute approximate surface area is 158 Å². The largest absolute Gasteiger partial charge is 0.356 e. The highest BCUT2D eigenvalue weighted by atomic mass is 79.9. The SMILES string of the molecule is CN=C(NCCn1ccnc1)NCC1(c2ccc(Br)cc2)CCCC1. The van der Waals surface area contributed by atoms with Crippen LogP contribution < -0.4 is 10.6 Å². The molecule has 25 heavy (non-hydrogen) atoms. The van der Waals surface area contributed by atoms with Crippen LogP contribution in [0.4, 0.5) is 0 Å². The molecular formula is C19H26BrN5. The lowest BCUT2D eigenvalue weighted by Crippen LogP contribution is -2.45. The van der Waals surface area contributed by atoms with Crippen molar-refractivity contribution in [1.29, 1.82) is 0 Å². The number of hydrogen-bond donors (Lipinski definition) is 2. The normalized spacial score (nSPS) is 16.8. The summed E-state index contributed by atoms with van der Waals surface area (Å²) < 4.78 is 3.19. The first-order chi connectivity index (χ1) is 12.2. The minimum atomic E-state index is 0.211. The fourth-order valence-corrected chi connectivity index (χ4v) is 3.88. The highest BCUT2D eigenvalue weighted by molar-refractivity contribution is 9.10. The molecular weight excluding hydrogens is 378 g/mol. The van der Waals surface area contributed by atoms with Crippen molar-refractivity contribution in [2.75, 3.05) is 20.1 Å². The number of hydrogen-bond acceptors (Lipinski definition) is 2. The molecule has 0 radical (unpaired) electrons. The zero-order valence-electron chi connectivity index (χ0n) is 14.7. The van der Waals surface area contributed by atoms with E-state index in [1.165, 1.54) is 31.2 Å². The molecule has 0 atom stereocenters. The average molecular weight is 404 g/mol. The van der Waals surface area contributed by atoms with Gasteiger partial charge in [0, 0.05) is 49.0 Å². The maximum Gasteiger partial charge on any atom is 0.191 e. The van der Waals surface area contributed by atoms with Crippen LogP contribution in [0.25, 0.3) is 0 Å². The van der Waals surface area contributed by atoms with Crippen molar-refractivity contribution >= 4 is 21.9 Å². The Bertz CT molecular complexity index is 672. The smallest absolute Gasteiger partial charge is 0.191 e. The van der Waals surface area contributed by atoms with Crippen LogP contribution >= 0.6 is 15.9 Å². The van der Waals surface area contributed by atoms with E-state index in [0.717, 1.165) is 30.1 Å². The molecule has 3 rings (SSSR count). The van der Waals surface area contributed by atoms with Crippen LogP contribution in [-0.4, -0.2) is 35.6 Å². The summed E-state index contributed by atoms with van der Waals surface area (Å²) in [5.74, 6) is 0.864. The predicted molar refractivity (Wildman–Crippen MR) is 106 cm³/mol. The lowest BCUT2D eigenvalue weighted by molar-refractivity contribution is 0.431. The Balaban J connectivity index is 1.57. The monoisotopic (exact) mass is 403 g/mol. The van der Waals surface area contributed by atoms with Gasteiger partial charge >= 0.3 is 0 Å². The molecule has 1 aromatic carbocycles. The van der Waals surface area contributed by atoms with E-state index >= 15 is 0 Å². The van der Waals surface area contributed by atoms with Crippen molar-refractivity contribution in [3.63, 3.8) is 0 Å². The summed E-state index contributed by atoms with van der Waals surface area (Å²) in [6.07, 6.45) is 10.7. The lowest BCUT2D eigenvalue weighted by atomic mass is 9.79. The molecule has 0 unspecified atom stereocenters. The van der Waals surface area contributed by atoms with Gasteiger partial charge in [0.25, 0.3) is 0 Å². The number of halogens is 1. The Morgan fingerprint density at radius 2 is 2.00 bits per heavy atom. The molecule has 0 saturated heterocycles. The molecule has 0 bridgehead atoms. The van der Waals surface area contributed by atoms with Crippen molar-refractivity contribution < 1.29 is 0 Å². The highest BCUT2D eigenvalue weighted by Gasteiger charge is 2.35. The van der Waals surface area contributed by atoms with Crippen molar-refractivity contribution in [3.05, 3.63) is 53.0 Å². The topological polar surface area (TPSA) is 54.2 Å². The molecule has 1 heterocycles. The first-order valence-electron chi connectivity index (χ1n) is 8.88. The van der Waals surface area contributed by atoms with Gasteiger partial charge in [-0.15, -0.1) is 0 Å². The molecule has 1 aromatic heterocycles. The first-order valence-corrected chi connectivity index (χ1v) is 9.67. The fraction of sp³-hybridized carbons (Fsp3) is 0.474. The summed E-state index contributed by atoms with van der Waals surface area (Å²) in [6, 6.07) is 8.81. The van der Waals surface area contributed by atoms with E-state index in [9.17, 15) is 0 Å². The lowest BCUT2D eigenvalue weighted by Gasteiger charge is -2.31. The van der Waals surface area contributed by atoms with Gasteiger partial charge in [-0.3, -0.25) is 4.99 Å². The second-order valence-corrected chi connectivity index (χ2v) is 7.56. The molecule has 2 aromatic rings. The van der Waals surface area contributed by atoms with Gasteiger partial charge in [-0.1, -0.05) is 40.9 Å². The van der Waals surface area contributed by atoms with Crippen molar-refractivity contribution in [3.8, 4) is 0 Å². The van der Waals surface area contributed by atoms with Gasteiger partial charge in [-0.2, -0.15) is 0 Å².